The maximum Gasteiger partial charge on any atom is 0.242 e. The number of rotatable bonds is 5. The van der Waals surface area contributed by atoms with E-state index in [1.54, 1.807) is 0 Å². The number of hydrogen-bond acceptors (Lipinski definition) is 4. The fraction of sp³-hybridized carbons (Fsp3) is 0.462. The zero-order valence-corrected chi connectivity index (χ0v) is 14.6. The van der Waals surface area contributed by atoms with Gasteiger partial charge in [0.05, 0.1) is 23.6 Å². The van der Waals surface area contributed by atoms with E-state index in [2.05, 4.69) is 5.32 Å². The normalized spacial score (nSPS) is 19.8. The van der Waals surface area contributed by atoms with Gasteiger partial charge in [0, 0.05) is 14.1 Å². The van der Waals surface area contributed by atoms with Crippen molar-refractivity contribution in [2.45, 2.75) is 15.6 Å². The predicted octanol–water partition coefficient (Wildman–Crippen LogP) is 2.08. The first-order chi connectivity index (χ1) is 10.1. The third-order valence-electron chi connectivity index (χ3n) is 3.35. The van der Waals surface area contributed by atoms with Gasteiger partial charge in [0.2, 0.25) is 15.9 Å². The molecule has 9 heteroatoms. The van der Waals surface area contributed by atoms with Crippen molar-refractivity contribution in [2.75, 3.05) is 26.5 Å². The Labute approximate surface area is 139 Å². The maximum atomic E-state index is 12.1. The summed E-state index contributed by atoms with van der Waals surface area (Å²) in [6, 6.07) is 4.24. The Bertz CT molecular complexity index is 704. The second-order valence-corrected chi connectivity index (χ2v) is 8.85. The number of anilines is 1. The molecule has 0 aliphatic heterocycles. The fourth-order valence-electron chi connectivity index (χ4n) is 1.87. The summed E-state index contributed by atoms with van der Waals surface area (Å²) in [7, 11) is 0.669. The van der Waals surface area contributed by atoms with Gasteiger partial charge in [0.1, 0.15) is 10.1 Å². The molecule has 1 aliphatic rings. The Balaban J connectivity index is 2.32. The summed E-state index contributed by atoms with van der Waals surface area (Å²) in [5.41, 5.74) is 0.256. The standard InChI is InChI=1S/C13H16Cl2N2O4S/c1-17(2)22(19,20)8-4-5-11(21-3)10(6-8)16-12(18)9-7-13(9,14)15/h4-6,9H,7H2,1-3H3,(H,16,18)/t9-/m1/s1. The van der Waals surface area contributed by atoms with Crippen LogP contribution in [0.2, 0.25) is 0 Å². The van der Waals surface area contributed by atoms with Crippen LogP contribution >= 0.6 is 23.2 Å². The number of sulfonamides is 1. The Morgan fingerprint density at radius 2 is 2.00 bits per heavy atom. The van der Waals surface area contributed by atoms with Gasteiger partial charge in [-0.15, -0.1) is 23.2 Å². The number of nitrogens with zero attached hydrogens (tertiary/aromatic N) is 1. The quantitative estimate of drug-likeness (QED) is 0.809. The number of ether oxygens (including phenoxy) is 1. The molecule has 2 rings (SSSR count). The fourth-order valence-corrected chi connectivity index (χ4v) is 3.31. The number of carbonyl (C=O) groups is 1. The van der Waals surface area contributed by atoms with Crippen LogP contribution in [0.4, 0.5) is 5.69 Å². The summed E-state index contributed by atoms with van der Waals surface area (Å²) < 4.78 is 29.5. The number of carbonyl (C=O) groups excluding carboxylic acids is 1. The van der Waals surface area contributed by atoms with Crippen molar-refractivity contribution < 1.29 is 17.9 Å². The molecule has 1 aromatic rings. The first-order valence-corrected chi connectivity index (χ1v) is 8.58. The van der Waals surface area contributed by atoms with E-state index in [-0.39, 0.29) is 16.5 Å². The molecule has 122 valence electrons. The van der Waals surface area contributed by atoms with E-state index in [0.29, 0.717) is 12.2 Å². The molecule has 0 spiro atoms. The molecule has 1 fully saturated rings. The second kappa shape index (κ2) is 5.88. The van der Waals surface area contributed by atoms with Crippen LogP contribution in [0.25, 0.3) is 0 Å². The molecule has 0 bridgehead atoms. The zero-order valence-electron chi connectivity index (χ0n) is 12.3. The first kappa shape index (κ1) is 17.3. The third-order valence-corrected chi connectivity index (χ3v) is 6.00. The molecule has 1 amide bonds. The van der Waals surface area contributed by atoms with Gasteiger partial charge in [-0.2, -0.15) is 0 Å². The molecule has 6 nitrogen and oxygen atoms in total. The van der Waals surface area contributed by atoms with Gasteiger partial charge in [0.25, 0.3) is 0 Å². The van der Waals surface area contributed by atoms with Crippen molar-refractivity contribution in [2.24, 2.45) is 5.92 Å². The number of benzene rings is 1. The summed E-state index contributed by atoms with van der Waals surface area (Å²) in [6.07, 6.45) is 0.361. The van der Waals surface area contributed by atoms with Crippen molar-refractivity contribution in [1.82, 2.24) is 4.31 Å². The molecule has 1 saturated carbocycles. The molecular formula is C13H16Cl2N2O4S. The first-order valence-electron chi connectivity index (χ1n) is 6.39. The molecule has 1 aromatic carbocycles. The van der Waals surface area contributed by atoms with Crippen LogP contribution in [0.5, 0.6) is 5.75 Å². The highest BCUT2D eigenvalue weighted by Crippen LogP contribution is 2.53. The molecule has 22 heavy (non-hydrogen) atoms. The smallest absolute Gasteiger partial charge is 0.242 e. The highest BCUT2D eigenvalue weighted by Gasteiger charge is 2.56. The molecular weight excluding hydrogens is 351 g/mol. The summed E-state index contributed by atoms with van der Waals surface area (Å²) in [5.74, 6) is -0.543. The van der Waals surface area contributed by atoms with Gasteiger partial charge in [-0.3, -0.25) is 4.79 Å². The lowest BCUT2D eigenvalue weighted by Crippen LogP contribution is -2.23. The molecule has 0 radical (unpaired) electrons. The van der Waals surface area contributed by atoms with Crippen LogP contribution in [0.1, 0.15) is 6.42 Å². The van der Waals surface area contributed by atoms with Crippen molar-refractivity contribution in [3.63, 3.8) is 0 Å². The van der Waals surface area contributed by atoms with Crippen LogP contribution < -0.4 is 10.1 Å². The van der Waals surface area contributed by atoms with E-state index in [9.17, 15) is 13.2 Å². The molecule has 1 atom stereocenters. The lowest BCUT2D eigenvalue weighted by atomic mass is 10.2. The van der Waals surface area contributed by atoms with Crippen LogP contribution in [-0.4, -0.2) is 44.2 Å². The second-order valence-electron chi connectivity index (χ2n) is 5.16. The van der Waals surface area contributed by atoms with E-state index in [0.717, 1.165) is 4.31 Å². The number of nitrogens with one attached hydrogen (secondary N) is 1. The largest absolute Gasteiger partial charge is 0.495 e. The Morgan fingerprint density at radius 1 is 1.41 bits per heavy atom. The van der Waals surface area contributed by atoms with Crippen molar-refractivity contribution >= 4 is 44.8 Å². The molecule has 0 saturated heterocycles. The van der Waals surface area contributed by atoms with Crippen molar-refractivity contribution in [3.8, 4) is 5.75 Å². The summed E-state index contributed by atoms with van der Waals surface area (Å²) in [6.45, 7) is 0. The van der Waals surface area contributed by atoms with Gasteiger partial charge in [-0.05, 0) is 24.6 Å². The van der Waals surface area contributed by atoms with E-state index in [1.807, 2.05) is 0 Å². The minimum absolute atomic E-state index is 0.0485. The zero-order chi connectivity index (χ0) is 16.7. The Hall–Kier alpha value is -1.02. The highest BCUT2D eigenvalue weighted by atomic mass is 35.5. The van der Waals surface area contributed by atoms with Crippen LogP contribution in [0.15, 0.2) is 23.1 Å². The predicted molar refractivity (Wildman–Crippen MR) is 85.0 cm³/mol. The third kappa shape index (κ3) is 3.32. The summed E-state index contributed by atoms with van der Waals surface area (Å²) in [5, 5.41) is 2.61. The van der Waals surface area contributed by atoms with E-state index < -0.39 is 20.3 Å². The average Bonchev–Trinajstić information content (AvgIpc) is 3.07. The van der Waals surface area contributed by atoms with Crippen LogP contribution in [0, 0.1) is 5.92 Å². The SMILES string of the molecule is COc1ccc(S(=O)(=O)N(C)C)cc1NC(=O)[C@H]1CC1(Cl)Cl. The Morgan fingerprint density at radius 3 is 2.45 bits per heavy atom. The minimum Gasteiger partial charge on any atom is -0.495 e. The average molecular weight is 367 g/mol. The van der Waals surface area contributed by atoms with Crippen molar-refractivity contribution in [3.05, 3.63) is 18.2 Å². The highest BCUT2D eigenvalue weighted by molar-refractivity contribution is 7.89. The number of methoxy groups -OCH3 is 1. The van der Waals surface area contributed by atoms with Crippen molar-refractivity contribution in [1.29, 1.82) is 0 Å². The summed E-state index contributed by atoms with van der Waals surface area (Å²) in [4.78, 5) is 12.1. The van der Waals surface area contributed by atoms with Gasteiger partial charge in [-0.25, -0.2) is 12.7 Å². The van der Waals surface area contributed by atoms with Crippen LogP contribution in [-0.2, 0) is 14.8 Å². The monoisotopic (exact) mass is 366 g/mol. The van der Waals surface area contributed by atoms with Gasteiger partial charge < -0.3 is 10.1 Å². The van der Waals surface area contributed by atoms with E-state index >= 15 is 0 Å². The molecule has 0 unspecified atom stereocenters. The van der Waals surface area contributed by atoms with Gasteiger partial charge >= 0.3 is 0 Å². The molecule has 0 heterocycles. The number of halogens is 2. The summed E-state index contributed by atoms with van der Waals surface area (Å²) >= 11 is 11.7. The number of alkyl halides is 2. The molecule has 0 aromatic heterocycles. The van der Waals surface area contributed by atoms with Crippen LogP contribution in [0.3, 0.4) is 0 Å². The Kier molecular flexibility index (Phi) is 4.64. The lowest BCUT2D eigenvalue weighted by molar-refractivity contribution is -0.117. The minimum atomic E-state index is -3.61. The van der Waals surface area contributed by atoms with E-state index in [4.69, 9.17) is 27.9 Å². The molecule has 1 aliphatic carbocycles. The molecule has 1 N–H and O–H groups in total. The van der Waals surface area contributed by atoms with Gasteiger partial charge in [0.15, 0.2) is 0 Å². The lowest BCUT2D eigenvalue weighted by Gasteiger charge is -2.15. The maximum absolute atomic E-state index is 12.1. The van der Waals surface area contributed by atoms with Gasteiger partial charge in [-0.1, -0.05) is 0 Å². The number of amides is 1. The topological polar surface area (TPSA) is 75.7 Å². The van der Waals surface area contributed by atoms with E-state index in [1.165, 1.54) is 39.4 Å². The number of hydrogen-bond donors (Lipinski definition) is 1.